The zero-order chi connectivity index (χ0) is 17.1. The van der Waals surface area contributed by atoms with Crippen molar-refractivity contribution in [3.8, 4) is 0 Å². The molecule has 0 saturated heterocycles. The predicted molar refractivity (Wildman–Crippen MR) is 87.9 cm³/mol. The van der Waals surface area contributed by atoms with Gasteiger partial charge in [-0.3, -0.25) is 14.3 Å². The molecule has 0 bridgehead atoms. The molecule has 0 aromatic carbocycles. The highest BCUT2D eigenvalue weighted by Gasteiger charge is 2.13. The summed E-state index contributed by atoms with van der Waals surface area (Å²) in [4.78, 5) is 28.6. The van der Waals surface area contributed by atoms with E-state index in [1.165, 1.54) is 10.5 Å². The first-order valence-corrected chi connectivity index (χ1v) is 7.78. The van der Waals surface area contributed by atoms with Gasteiger partial charge in [0, 0.05) is 17.5 Å². The first kappa shape index (κ1) is 15.9. The summed E-state index contributed by atoms with van der Waals surface area (Å²) in [5, 5.41) is 6.75. The Bertz CT molecular complexity index is 942. The second-order valence-corrected chi connectivity index (χ2v) is 5.55. The first-order valence-electron chi connectivity index (χ1n) is 7.78. The molecular weight excluding hydrogens is 308 g/mol. The van der Waals surface area contributed by atoms with E-state index in [1.54, 1.807) is 12.1 Å². The van der Waals surface area contributed by atoms with E-state index >= 15 is 0 Å². The number of aryl methyl sites for hydroxylation is 2. The van der Waals surface area contributed by atoms with Crippen LogP contribution in [-0.2, 0) is 17.8 Å². The number of pyridine rings is 1. The topological polar surface area (TPSA) is 89.3 Å². The van der Waals surface area contributed by atoms with Crippen LogP contribution in [0.15, 0.2) is 35.1 Å². The number of ether oxygens (including phenoxy) is 1. The fourth-order valence-electron chi connectivity index (χ4n) is 2.51. The van der Waals surface area contributed by atoms with Crippen LogP contribution in [0.5, 0.6) is 0 Å². The molecule has 1 N–H and O–H groups in total. The maximum absolute atomic E-state index is 12.2. The maximum Gasteiger partial charge on any atom is 0.359 e. The van der Waals surface area contributed by atoms with Crippen molar-refractivity contribution in [1.82, 2.24) is 19.6 Å². The highest BCUT2D eigenvalue weighted by atomic mass is 16.5. The number of carbonyl (C=O) groups is 1. The van der Waals surface area contributed by atoms with E-state index in [9.17, 15) is 9.59 Å². The maximum atomic E-state index is 12.2. The van der Waals surface area contributed by atoms with Crippen LogP contribution in [0, 0.1) is 6.92 Å². The van der Waals surface area contributed by atoms with E-state index in [0.29, 0.717) is 11.3 Å². The van der Waals surface area contributed by atoms with Crippen molar-refractivity contribution in [3.05, 3.63) is 63.5 Å². The number of H-pyrrole nitrogens is 1. The van der Waals surface area contributed by atoms with E-state index in [4.69, 9.17) is 4.74 Å². The molecule has 0 unspecified atom stereocenters. The average Bonchev–Trinajstić information content (AvgIpc) is 3.01. The van der Waals surface area contributed by atoms with Gasteiger partial charge in [-0.25, -0.2) is 9.78 Å². The molecule has 124 valence electrons. The van der Waals surface area contributed by atoms with Crippen LogP contribution in [0.4, 0.5) is 0 Å². The second kappa shape index (κ2) is 6.66. The lowest BCUT2D eigenvalue weighted by atomic mass is 10.2. The minimum atomic E-state index is -0.542. The van der Waals surface area contributed by atoms with E-state index in [-0.39, 0.29) is 17.9 Å². The number of esters is 1. The molecule has 3 heterocycles. The summed E-state index contributed by atoms with van der Waals surface area (Å²) in [7, 11) is 0. The quantitative estimate of drug-likeness (QED) is 0.725. The summed E-state index contributed by atoms with van der Waals surface area (Å²) in [6, 6.07) is 8.45. The SMILES string of the molecule is CCCc1cc(C(=O)OCc2cc(=O)n3c(C)cccc3n2)n[nH]1. The average molecular weight is 326 g/mol. The minimum Gasteiger partial charge on any atom is -0.454 e. The van der Waals surface area contributed by atoms with Crippen molar-refractivity contribution >= 4 is 11.6 Å². The number of aromatic amines is 1. The van der Waals surface area contributed by atoms with Gasteiger partial charge >= 0.3 is 5.97 Å². The smallest absolute Gasteiger partial charge is 0.359 e. The summed E-state index contributed by atoms with van der Waals surface area (Å²) >= 11 is 0. The Morgan fingerprint density at radius 3 is 2.96 bits per heavy atom. The number of nitrogens with one attached hydrogen (secondary N) is 1. The molecule has 3 aromatic heterocycles. The van der Waals surface area contributed by atoms with Gasteiger partial charge in [-0.15, -0.1) is 0 Å². The number of hydrogen-bond acceptors (Lipinski definition) is 5. The van der Waals surface area contributed by atoms with E-state index < -0.39 is 5.97 Å². The third-order valence-electron chi connectivity index (χ3n) is 3.64. The van der Waals surface area contributed by atoms with Crippen LogP contribution in [0.3, 0.4) is 0 Å². The molecule has 7 heteroatoms. The molecule has 0 aliphatic carbocycles. The number of rotatable bonds is 5. The standard InChI is InChI=1S/C17H18N4O3/c1-3-5-12-8-14(20-19-12)17(23)24-10-13-9-16(22)21-11(2)6-4-7-15(21)18-13/h4,6-9H,3,5,10H2,1-2H3,(H,19,20). The van der Waals surface area contributed by atoms with Crippen LogP contribution < -0.4 is 5.56 Å². The van der Waals surface area contributed by atoms with Crippen molar-refractivity contribution in [3.63, 3.8) is 0 Å². The molecule has 0 amide bonds. The van der Waals surface area contributed by atoms with Crippen LogP contribution in [0.25, 0.3) is 5.65 Å². The highest BCUT2D eigenvalue weighted by molar-refractivity contribution is 5.87. The third-order valence-corrected chi connectivity index (χ3v) is 3.64. The van der Waals surface area contributed by atoms with E-state index in [0.717, 1.165) is 24.2 Å². The van der Waals surface area contributed by atoms with Crippen molar-refractivity contribution in [2.45, 2.75) is 33.3 Å². The third kappa shape index (κ3) is 3.19. The van der Waals surface area contributed by atoms with Gasteiger partial charge in [0.05, 0.1) is 5.69 Å². The molecule has 0 radical (unpaired) electrons. The van der Waals surface area contributed by atoms with Crippen LogP contribution >= 0.6 is 0 Å². The summed E-state index contributed by atoms with van der Waals surface area (Å²) in [6.07, 6.45) is 1.78. The van der Waals surface area contributed by atoms with Crippen LogP contribution in [-0.4, -0.2) is 25.6 Å². The normalized spacial score (nSPS) is 10.9. The van der Waals surface area contributed by atoms with Crippen molar-refractivity contribution in [2.24, 2.45) is 0 Å². The molecule has 0 atom stereocenters. The Morgan fingerprint density at radius 2 is 2.17 bits per heavy atom. The molecule has 0 saturated carbocycles. The lowest BCUT2D eigenvalue weighted by Gasteiger charge is -2.06. The zero-order valence-corrected chi connectivity index (χ0v) is 13.6. The molecule has 0 spiro atoms. The number of aromatic nitrogens is 4. The number of fused-ring (bicyclic) bond motifs is 1. The fourth-order valence-corrected chi connectivity index (χ4v) is 2.51. The van der Waals surface area contributed by atoms with Crippen molar-refractivity contribution in [2.75, 3.05) is 0 Å². The van der Waals surface area contributed by atoms with Gasteiger partial charge in [-0.2, -0.15) is 5.10 Å². The van der Waals surface area contributed by atoms with Gasteiger partial charge in [0.25, 0.3) is 5.56 Å². The van der Waals surface area contributed by atoms with Crippen molar-refractivity contribution < 1.29 is 9.53 Å². The molecule has 0 fully saturated rings. The number of hydrogen-bond donors (Lipinski definition) is 1. The van der Waals surface area contributed by atoms with Crippen LogP contribution in [0.1, 0.15) is 40.9 Å². The minimum absolute atomic E-state index is 0.0749. The van der Waals surface area contributed by atoms with Gasteiger partial charge in [0.1, 0.15) is 12.3 Å². The van der Waals surface area contributed by atoms with Gasteiger partial charge in [-0.05, 0) is 31.5 Å². The number of carbonyl (C=O) groups excluding carboxylic acids is 1. The van der Waals surface area contributed by atoms with Gasteiger partial charge in [0.2, 0.25) is 0 Å². The van der Waals surface area contributed by atoms with Gasteiger partial charge in [0.15, 0.2) is 5.69 Å². The van der Waals surface area contributed by atoms with E-state index in [2.05, 4.69) is 15.2 Å². The van der Waals surface area contributed by atoms with Gasteiger partial charge in [-0.1, -0.05) is 19.4 Å². The number of nitrogens with zero attached hydrogens (tertiary/aromatic N) is 3. The highest BCUT2D eigenvalue weighted by Crippen LogP contribution is 2.07. The Kier molecular flexibility index (Phi) is 4.41. The lowest BCUT2D eigenvalue weighted by molar-refractivity contribution is 0.0460. The molecule has 24 heavy (non-hydrogen) atoms. The monoisotopic (exact) mass is 326 g/mol. The molecule has 0 aliphatic heterocycles. The van der Waals surface area contributed by atoms with Gasteiger partial charge < -0.3 is 4.74 Å². The molecule has 3 aromatic rings. The summed E-state index contributed by atoms with van der Waals surface area (Å²) < 4.78 is 6.72. The molecule has 7 nitrogen and oxygen atoms in total. The first-order chi connectivity index (χ1) is 11.6. The van der Waals surface area contributed by atoms with E-state index in [1.807, 2.05) is 26.0 Å². The second-order valence-electron chi connectivity index (χ2n) is 5.55. The lowest BCUT2D eigenvalue weighted by Crippen LogP contribution is -2.18. The zero-order valence-electron chi connectivity index (χ0n) is 13.6. The van der Waals surface area contributed by atoms with Crippen LogP contribution in [0.2, 0.25) is 0 Å². The molecule has 0 aliphatic rings. The fraction of sp³-hybridized carbons (Fsp3) is 0.294. The summed E-state index contributed by atoms with van der Waals surface area (Å²) in [5.41, 5.74) is 2.65. The Labute approximate surface area is 138 Å². The summed E-state index contributed by atoms with van der Waals surface area (Å²) in [5.74, 6) is -0.542. The predicted octanol–water partition coefficient (Wildman–Crippen LogP) is 2.04. The Balaban J connectivity index is 1.75. The summed E-state index contributed by atoms with van der Waals surface area (Å²) in [6.45, 7) is 3.81. The largest absolute Gasteiger partial charge is 0.454 e. The Hall–Kier alpha value is -2.96. The Morgan fingerprint density at radius 1 is 1.33 bits per heavy atom. The molecular formula is C17H18N4O3. The van der Waals surface area contributed by atoms with Crippen molar-refractivity contribution in [1.29, 1.82) is 0 Å². The molecule has 3 rings (SSSR count).